The number of nitrogen functional groups attached to an aromatic ring is 1. The van der Waals surface area contributed by atoms with Gasteiger partial charge in [0.1, 0.15) is 0 Å². The maximum atomic E-state index is 12.3. The van der Waals surface area contributed by atoms with Crippen molar-refractivity contribution in [2.75, 3.05) is 11.1 Å². The minimum atomic E-state index is -0.153. The molecule has 3 N–H and O–H groups in total. The van der Waals surface area contributed by atoms with E-state index < -0.39 is 0 Å². The van der Waals surface area contributed by atoms with Crippen LogP contribution in [0.25, 0.3) is 0 Å². The molecule has 0 aromatic heterocycles. The zero-order valence-corrected chi connectivity index (χ0v) is 13.1. The summed E-state index contributed by atoms with van der Waals surface area (Å²) in [7, 11) is 0. The molecule has 0 saturated carbocycles. The van der Waals surface area contributed by atoms with E-state index >= 15 is 0 Å². The fraction of sp³-hybridized carbons (Fsp3) is 0.188. The summed E-state index contributed by atoms with van der Waals surface area (Å²) in [5.74, 6) is -0.153. The van der Waals surface area contributed by atoms with Gasteiger partial charge in [-0.05, 0) is 48.7 Å². The number of nitrogens with one attached hydrogen (secondary N) is 1. The van der Waals surface area contributed by atoms with Crippen molar-refractivity contribution in [3.63, 3.8) is 0 Å². The van der Waals surface area contributed by atoms with Crippen LogP contribution in [0.4, 0.5) is 11.4 Å². The van der Waals surface area contributed by atoms with Crippen LogP contribution in [0.3, 0.4) is 0 Å². The predicted octanol–water partition coefficient (Wildman–Crippen LogP) is 4.15. The van der Waals surface area contributed by atoms with Crippen molar-refractivity contribution >= 4 is 33.2 Å². The molecule has 0 unspecified atom stereocenters. The Morgan fingerprint density at radius 1 is 1.25 bits per heavy atom. The molecular formula is C16H17BrN2O. The largest absolute Gasteiger partial charge is 0.398 e. The van der Waals surface area contributed by atoms with E-state index in [-0.39, 0.29) is 5.91 Å². The number of carbonyl (C=O) groups is 1. The molecule has 3 nitrogen and oxygen atoms in total. The van der Waals surface area contributed by atoms with Gasteiger partial charge in [0.15, 0.2) is 0 Å². The number of carbonyl (C=O) groups excluding carboxylic acids is 1. The quantitative estimate of drug-likeness (QED) is 0.829. The molecule has 0 aliphatic rings. The molecule has 104 valence electrons. The summed E-state index contributed by atoms with van der Waals surface area (Å²) < 4.78 is 0.798. The lowest BCUT2D eigenvalue weighted by molar-refractivity contribution is 0.102. The molecule has 0 bridgehead atoms. The van der Waals surface area contributed by atoms with Gasteiger partial charge in [0.25, 0.3) is 5.91 Å². The molecule has 0 aliphatic carbocycles. The lowest BCUT2D eigenvalue weighted by atomic mass is 10.1. The Morgan fingerprint density at radius 3 is 2.50 bits per heavy atom. The van der Waals surface area contributed by atoms with Crippen molar-refractivity contribution < 1.29 is 4.79 Å². The van der Waals surface area contributed by atoms with Crippen LogP contribution in [0.2, 0.25) is 0 Å². The second-order valence-corrected chi connectivity index (χ2v) is 5.59. The molecule has 1 amide bonds. The number of hydrogen-bond donors (Lipinski definition) is 2. The molecule has 0 heterocycles. The molecule has 0 spiro atoms. The summed E-state index contributed by atoms with van der Waals surface area (Å²) in [6.45, 7) is 3.94. The van der Waals surface area contributed by atoms with Crippen molar-refractivity contribution in [2.45, 2.75) is 20.3 Å². The van der Waals surface area contributed by atoms with E-state index in [0.29, 0.717) is 11.3 Å². The number of nitrogens with two attached hydrogens (primary N) is 1. The monoisotopic (exact) mass is 332 g/mol. The van der Waals surface area contributed by atoms with E-state index in [9.17, 15) is 4.79 Å². The summed E-state index contributed by atoms with van der Waals surface area (Å²) in [4.78, 5) is 12.3. The van der Waals surface area contributed by atoms with Gasteiger partial charge in [0, 0.05) is 21.4 Å². The molecule has 4 heteroatoms. The van der Waals surface area contributed by atoms with E-state index in [1.807, 2.05) is 31.2 Å². The first-order chi connectivity index (χ1) is 9.51. The van der Waals surface area contributed by atoms with Crippen LogP contribution in [0.15, 0.2) is 40.9 Å². The van der Waals surface area contributed by atoms with Crippen LogP contribution in [-0.4, -0.2) is 5.91 Å². The van der Waals surface area contributed by atoms with Crippen molar-refractivity contribution in [3.05, 3.63) is 57.6 Å². The van der Waals surface area contributed by atoms with Gasteiger partial charge in [-0.2, -0.15) is 0 Å². The molecule has 20 heavy (non-hydrogen) atoms. The van der Waals surface area contributed by atoms with Gasteiger partial charge in [-0.25, -0.2) is 0 Å². The van der Waals surface area contributed by atoms with Crippen LogP contribution in [0.5, 0.6) is 0 Å². The Bertz CT molecular complexity index is 636. The van der Waals surface area contributed by atoms with E-state index in [2.05, 4.69) is 28.2 Å². The topological polar surface area (TPSA) is 55.1 Å². The Labute approximate surface area is 127 Å². The zero-order valence-electron chi connectivity index (χ0n) is 11.5. The fourth-order valence-corrected chi connectivity index (χ4v) is 2.43. The number of hydrogen-bond acceptors (Lipinski definition) is 2. The Kier molecular flexibility index (Phi) is 4.45. The van der Waals surface area contributed by atoms with Gasteiger partial charge in [-0.3, -0.25) is 4.79 Å². The Hall–Kier alpha value is -1.81. The number of halogens is 1. The first-order valence-electron chi connectivity index (χ1n) is 6.47. The molecular weight excluding hydrogens is 316 g/mol. The molecule has 0 atom stereocenters. The van der Waals surface area contributed by atoms with Gasteiger partial charge in [-0.15, -0.1) is 0 Å². The third-order valence-electron chi connectivity index (χ3n) is 3.28. The van der Waals surface area contributed by atoms with Gasteiger partial charge in [0.2, 0.25) is 0 Å². The van der Waals surface area contributed by atoms with Gasteiger partial charge in [-0.1, -0.05) is 35.0 Å². The normalized spacial score (nSPS) is 10.3. The predicted molar refractivity (Wildman–Crippen MR) is 87.1 cm³/mol. The average Bonchev–Trinajstić information content (AvgIpc) is 2.43. The maximum absolute atomic E-state index is 12.3. The molecule has 0 saturated heterocycles. The highest BCUT2D eigenvalue weighted by Gasteiger charge is 2.12. The lowest BCUT2D eigenvalue weighted by Crippen LogP contribution is -2.14. The van der Waals surface area contributed by atoms with Crippen molar-refractivity contribution in [3.8, 4) is 0 Å². The van der Waals surface area contributed by atoms with E-state index in [4.69, 9.17) is 5.73 Å². The standard InChI is InChI=1S/C16H17BrN2O/c1-3-11-4-6-13(7-5-11)19-16(20)14-8-12(17)9-15(18)10(14)2/h4-9H,3,18H2,1-2H3,(H,19,20). The summed E-state index contributed by atoms with van der Waals surface area (Å²) in [6, 6.07) is 11.4. The van der Waals surface area contributed by atoms with Crippen molar-refractivity contribution in [2.24, 2.45) is 0 Å². The smallest absolute Gasteiger partial charge is 0.256 e. The van der Waals surface area contributed by atoms with Crippen molar-refractivity contribution in [1.29, 1.82) is 0 Å². The second kappa shape index (κ2) is 6.09. The summed E-state index contributed by atoms with van der Waals surface area (Å²) >= 11 is 3.36. The van der Waals surface area contributed by atoms with Gasteiger partial charge < -0.3 is 11.1 Å². The summed E-state index contributed by atoms with van der Waals surface area (Å²) in [6.07, 6.45) is 0.982. The Balaban J connectivity index is 2.23. The molecule has 0 radical (unpaired) electrons. The highest BCUT2D eigenvalue weighted by Crippen LogP contribution is 2.23. The van der Waals surface area contributed by atoms with Gasteiger partial charge >= 0.3 is 0 Å². The molecule has 2 rings (SSSR count). The Morgan fingerprint density at radius 2 is 1.90 bits per heavy atom. The number of anilines is 2. The fourth-order valence-electron chi connectivity index (χ4n) is 1.96. The molecule has 2 aromatic rings. The average molecular weight is 333 g/mol. The molecule has 2 aromatic carbocycles. The number of benzene rings is 2. The third kappa shape index (κ3) is 3.20. The summed E-state index contributed by atoms with van der Waals surface area (Å²) in [5, 5.41) is 2.89. The van der Waals surface area contributed by atoms with E-state index in [1.165, 1.54) is 5.56 Å². The molecule has 0 fully saturated rings. The van der Waals surface area contributed by atoms with Crippen LogP contribution in [0.1, 0.15) is 28.4 Å². The highest BCUT2D eigenvalue weighted by atomic mass is 79.9. The third-order valence-corrected chi connectivity index (χ3v) is 3.74. The molecule has 0 aliphatic heterocycles. The minimum Gasteiger partial charge on any atom is -0.398 e. The van der Waals surface area contributed by atoms with E-state index in [0.717, 1.165) is 22.1 Å². The zero-order chi connectivity index (χ0) is 14.7. The SMILES string of the molecule is CCc1ccc(NC(=O)c2cc(Br)cc(N)c2C)cc1. The second-order valence-electron chi connectivity index (χ2n) is 4.67. The maximum Gasteiger partial charge on any atom is 0.256 e. The highest BCUT2D eigenvalue weighted by molar-refractivity contribution is 9.10. The summed E-state index contributed by atoms with van der Waals surface area (Å²) in [5.41, 5.74) is 9.88. The minimum absolute atomic E-state index is 0.153. The lowest BCUT2D eigenvalue weighted by Gasteiger charge is -2.10. The van der Waals surface area contributed by atoms with Crippen molar-refractivity contribution in [1.82, 2.24) is 0 Å². The number of amides is 1. The van der Waals surface area contributed by atoms with E-state index in [1.54, 1.807) is 12.1 Å². The first-order valence-corrected chi connectivity index (χ1v) is 7.26. The van der Waals surface area contributed by atoms with Crippen LogP contribution < -0.4 is 11.1 Å². The number of rotatable bonds is 3. The number of aryl methyl sites for hydroxylation is 1. The first kappa shape index (κ1) is 14.6. The van der Waals surface area contributed by atoms with Crippen LogP contribution in [-0.2, 0) is 6.42 Å². The van der Waals surface area contributed by atoms with Crippen LogP contribution in [0, 0.1) is 6.92 Å². The van der Waals surface area contributed by atoms with Gasteiger partial charge in [0.05, 0.1) is 0 Å². The van der Waals surface area contributed by atoms with Crippen LogP contribution >= 0.6 is 15.9 Å².